The third-order valence-electron chi connectivity index (χ3n) is 8.50. The molecule has 12 heteroatoms. The summed E-state index contributed by atoms with van der Waals surface area (Å²) in [6, 6.07) is 19.9. The second kappa shape index (κ2) is 15.2. The molecule has 0 aliphatic carbocycles. The molecule has 12 nitrogen and oxygen atoms in total. The van der Waals surface area contributed by atoms with Crippen LogP contribution in [0.2, 0.25) is 0 Å². The van der Waals surface area contributed by atoms with Gasteiger partial charge in [0.1, 0.15) is 33.5 Å². The summed E-state index contributed by atoms with van der Waals surface area (Å²) in [6.07, 6.45) is 0. The van der Waals surface area contributed by atoms with Gasteiger partial charge in [0.15, 0.2) is 0 Å². The summed E-state index contributed by atoms with van der Waals surface area (Å²) in [4.78, 5) is 37.7. The van der Waals surface area contributed by atoms with Crippen LogP contribution in [0.3, 0.4) is 0 Å². The summed E-state index contributed by atoms with van der Waals surface area (Å²) in [5.41, 5.74) is -3.14. The summed E-state index contributed by atoms with van der Waals surface area (Å²) in [7, 11) is 0. The Balaban J connectivity index is 2.02. The second-order valence-corrected chi connectivity index (χ2v) is 12.5. The first-order valence-electron chi connectivity index (χ1n) is 14.8. The van der Waals surface area contributed by atoms with E-state index < -0.39 is 79.2 Å². The number of aliphatic hydroxyl groups excluding tert-OH is 6. The molecule has 0 heterocycles. The van der Waals surface area contributed by atoms with E-state index in [1.165, 1.54) is 20.8 Å². The molecule has 254 valence electrons. The van der Waals surface area contributed by atoms with Crippen LogP contribution >= 0.6 is 0 Å². The van der Waals surface area contributed by atoms with Crippen LogP contribution in [0, 0.1) is 16.2 Å². The highest BCUT2D eigenvalue weighted by molar-refractivity contribution is 5.80. The third kappa shape index (κ3) is 7.87. The molecule has 0 aliphatic rings. The molecule has 0 unspecified atom stereocenters. The Hall–Kier alpha value is -4.17. The van der Waals surface area contributed by atoms with E-state index in [0.717, 1.165) is 16.7 Å². The number of aliphatic hydroxyl groups is 6. The lowest BCUT2D eigenvalue weighted by Gasteiger charge is -2.32. The first-order valence-corrected chi connectivity index (χ1v) is 14.8. The third-order valence-corrected chi connectivity index (χ3v) is 8.50. The fourth-order valence-electron chi connectivity index (χ4n) is 4.30. The van der Waals surface area contributed by atoms with Crippen molar-refractivity contribution in [2.75, 3.05) is 39.6 Å². The smallest absolute Gasteiger partial charge is 0.321 e. The van der Waals surface area contributed by atoms with Gasteiger partial charge in [-0.25, -0.2) is 0 Å². The van der Waals surface area contributed by atoms with Gasteiger partial charge in [-0.3, -0.25) is 14.4 Å². The van der Waals surface area contributed by atoms with E-state index >= 15 is 0 Å². The molecule has 0 fully saturated rings. The van der Waals surface area contributed by atoms with Gasteiger partial charge in [0.2, 0.25) is 0 Å². The minimum atomic E-state index is -1.48. The van der Waals surface area contributed by atoms with Crippen LogP contribution in [-0.4, -0.2) is 88.2 Å². The van der Waals surface area contributed by atoms with Crippen molar-refractivity contribution in [1.82, 2.24) is 0 Å². The molecule has 47 heavy (non-hydrogen) atoms. The Morgan fingerprint density at radius 2 is 0.617 bits per heavy atom. The maximum absolute atomic E-state index is 12.6. The second-order valence-electron chi connectivity index (χ2n) is 12.5. The van der Waals surface area contributed by atoms with Crippen molar-refractivity contribution < 1.29 is 59.2 Å². The van der Waals surface area contributed by atoms with Crippen molar-refractivity contribution in [3.05, 3.63) is 89.5 Å². The Labute approximate surface area is 272 Å². The summed E-state index contributed by atoms with van der Waals surface area (Å²) >= 11 is 0. The number of benzene rings is 3. The van der Waals surface area contributed by atoms with Crippen molar-refractivity contribution in [2.45, 2.75) is 33.1 Å². The molecule has 3 aromatic rings. The van der Waals surface area contributed by atoms with Crippen LogP contribution in [-0.2, 0) is 19.8 Å². The molecule has 0 radical (unpaired) electrons. The van der Waals surface area contributed by atoms with Gasteiger partial charge in [0.05, 0.1) is 39.6 Å². The van der Waals surface area contributed by atoms with Gasteiger partial charge >= 0.3 is 17.9 Å². The van der Waals surface area contributed by atoms with E-state index in [2.05, 4.69) is 0 Å². The molecule has 3 aromatic carbocycles. The van der Waals surface area contributed by atoms with Gasteiger partial charge < -0.3 is 44.8 Å². The van der Waals surface area contributed by atoms with Gasteiger partial charge in [-0.1, -0.05) is 36.4 Å². The summed E-state index contributed by atoms with van der Waals surface area (Å²) in [5.74, 6) is -1.85. The largest absolute Gasteiger partial charge is 0.426 e. The molecule has 0 atom stereocenters. The molecule has 0 saturated carbocycles. The highest BCUT2D eigenvalue weighted by atomic mass is 16.5. The summed E-state index contributed by atoms with van der Waals surface area (Å²) < 4.78 is 16.2. The Morgan fingerprint density at radius 3 is 0.787 bits per heavy atom. The van der Waals surface area contributed by atoms with Crippen LogP contribution in [0.1, 0.15) is 44.4 Å². The lowest BCUT2D eigenvalue weighted by molar-refractivity contribution is -0.150. The van der Waals surface area contributed by atoms with E-state index in [4.69, 9.17) is 14.2 Å². The van der Waals surface area contributed by atoms with Gasteiger partial charge in [-0.05, 0) is 80.8 Å². The fraction of sp³-hybridized carbons (Fsp3) is 0.400. The van der Waals surface area contributed by atoms with Crippen molar-refractivity contribution >= 4 is 17.9 Å². The van der Waals surface area contributed by atoms with Crippen LogP contribution in [0.4, 0.5) is 0 Å². The van der Waals surface area contributed by atoms with Crippen molar-refractivity contribution in [1.29, 1.82) is 0 Å². The lowest BCUT2D eigenvalue weighted by atomic mass is 9.71. The van der Waals surface area contributed by atoms with E-state index in [0.29, 0.717) is 0 Å². The van der Waals surface area contributed by atoms with Crippen molar-refractivity contribution in [3.63, 3.8) is 0 Å². The summed E-state index contributed by atoms with van der Waals surface area (Å²) in [6.45, 7) is 2.44. The number of esters is 3. The highest BCUT2D eigenvalue weighted by Gasteiger charge is 2.37. The fourth-order valence-corrected chi connectivity index (χ4v) is 4.30. The Bertz CT molecular complexity index is 1320. The molecular formula is C35H42O12. The van der Waals surface area contributed by atoms with E-state index in [9.17, 15) is 45.0 Å². The molecule has 6 N–H and O–H groups in total. The molecule has 0 saturated heterocycles. The van der Waals surface area contributed by atoms with E-state index in [1.807, 2.05) is 6.92 Å². The number of rotatable bonds is 15. The van der Waals surface area contributed by atoms with Crippen molar-refractivity contribution in [2.24, 2.45) is 16.2 Å². The van der Waals surface area contributed by atoms with E-state index in [1.54, 1.807) is 72.8 Å². The van der Waals surface area contributed by atoms with Gasteiger partial charge in [0, 0.05) is 5.41 Å². The molecule has 0 amide bonds. The SMILES string of the molecule is CC(CO)(CO)C(=O)Oc1ccc(C(C)(c2ccc(OC(=O)C(C)(CO)CO)cc2)c2ccc(OC(=O)C(C)(CO)CO)cc2)cc1. The number of hydrogen-bond acceptors (Lipinski definition) is 12. The zero-order valence-corrected chi connectivity index (χ0v) is 26.8. The Morgan fingerprint density at radius 1 is 0.426 bits per heavy atom. The average Bonchev–Trinajstić information content (AvgIpc) is 3.10. The molecule has 0 bridgehead atoms. The van der Waals surface area contributed by atoms with Crippen LogP contribution in [0.25, 0.3) is 0 Å². The van der Waals surface area contributed by atoms with Gasteiger partial charge in [0.25, 0.3) is 0 Å². The Kier molecular flexibility index (Phi) is 12.0. The molecule has 3 rings (SSSR count). The zero-order valence-electron chi connectivity index (χ0n) is 26.8. The predicted molar refractivity (Wildman–Crippen MR) is 169 cm³/mol. The van der Waals surface area contributed by atoms with Gasteiger partial charge in [-0.15, -0.1) is 0 Å². The van der Waals surface area contributed by atoms with Crippen LogP contribution < -0.4 is 14.2 Å². The van der Waals surface area contributed by atoms with Crippen LogP contribution in [0.15, 0.2) is 72.8 Å². The first kappa shape index (κ1) is 37.3. The lowest BCUT2D eigenvalue weighted by Crippen LogP contribution is -2.38. The monoisotopic (exact) mass is 654 g/mol. The first-order chi connectivity index (χ1) is 22.2. The molecule has 0 aromatic heterocycles. The number of ether oxygens (including phenoxy) is 3. The maximum atomic E-state index is 12.6. The standard InChI is InChI=1S/C35H42O12/c1-32(17-36,18-37)29(42)45-26-11-5-23(6-12-26)35(4,24-7-13-27(14-8-24)46-30(43)33(2,19-38)20-39)25-9-15-28(16-10-25)47-31(44)34(3,21-40)22-41/h5-16,36-41H,17-22H2,1-4H3. The number of hydrogen-bond donors (Lipinski definition) is 6. The number of carbonyl (C=O) groups is 3. The highest BCUT2D eigenvalue weighted by Crippen LogP contribution is 2.41. The van der Waals surface area contributed by atoms with Crippen LogP contribution in [0.5, 0.6) is 17.2 Å². The maximum Gasteiger partial charge on any atom is 0.321 e. The number of carbonyl (C=O) groups excluding carboxylic acids is 3. The average molecular weight is 655 g/mol. The van der Waals surface area contributed by atoms with Crippen molar-refractivity contribution in [3.8, 4) is 17.2 Å². The molecular weight excluding hydrogens is 612 g/mol. The molecule has 0 spiro atoms. The zero-order chi connectivity index (χ0) is 35.0. The van der Waals surface area contributed by atoms with Gasteiger partial charge in [-0.2, -0.15) is 0 Å². The quantitative estimate of drug-likeness (QED) is 0.0789. The van der Waals surface area contributed by atoms with E-state index in [-0.39, 0.29) is 17.2 Å². The summed E-state index contributed by atoms with van der Waals surface area (Å²) in [5, 5.41) is 57.2. The minimum Gasteiger partial charge on any atom is -0.426 e. The molecule has 0 aliphatic heterocycles. The predicted octanol–water partition coefficient (Wildman–Crippen LogP) is 1.73. The minimum absolute atomic E-state index is 0.186. The normalized spacial score (nSPS) is 12.4. The topological polar surface area (TPSA) is 200 Å².